The number of rotatable bonds is 3. The van der Waals surface area contributed by atoms with Gasteiger partial charge in [0.2, 0.25) is 0 Å². The molecule has 1 aliphatic heterocycles. The lowest BCUT2D eigenvalue weighted by molar-refractivity contribution is 0.0600. The molecule has 0 aromatic heterocycles. The molecule has 1 fully saturated rings. The van der Waals surface area contributed by atoms with Crippen molar-refractivity contribution in [2.75, 3.05) is 25.5 Å². The Kier molecular flexibility index (Phi) is 3.89. The summed E-state index contributed by atoms with van der Waals surface area (Å²) in [4.78, 5) is 23.5. The van der Waals surface area contributed by atoms with Gasteiger partial charge >= 0.3 is 12.1 Å². The van der Waals surface area contributed by atoms with Crippen LogP contribution in [0.15, 0.2) is 24.3 Å². The molecule has 0 spiro atoms. The lowest BCUT2D eigenvalue weighted by atomic mass is 10.2. The minimum absolute atomic E-state index is 0.111. The second-order valence-corrected chi connectivity index (χ2v) is 4.43. The zero-order valence-electron chi connectivity index (χ0n) is 10.6. The summed E-state index contributed by atoms with van der Waals surface area (Å²) < 4.78 is 4.62. The van der Waals surface area contributed by atoms with Crippen molar-refractivity contribution < 1.29 is 19.4 Å². The van der Waals surface area contributed by atoms with Crippen molar-refractivity contribution in [2.24, 2.45) is 0 Å². The second-order valence-electron chi connectivity index (χ2n) is 4.43. The van der Waals surface area contributed by atoms with Gasteiger partial charge in [-0.1, -0.05) is 0 Å². The molecule has 19 heavy (non-hydrogen) atoms. The Labute approximate surface area is 111 Å². The number of benzene rings is 1. The predicted molar refractivity (Wildman–Crippen MR) is 69.4 cm³/mol. The van der Waals surface area contributed by atoms with Crippen LogP contribution in [-0.2, 0) is 4.74 Å². The first-order chi connectivity index (χ1) is 9.10. The van der Waals surface area contributed by atoms with Crippen LogP contribution in [0.4, 0.5) is 10.5 Å². The van der Waals surface area contributed by atoms with E-state index in [2.05, 4.69) is 10.1 Å². The van der Waals surface area contributed by atoms with E-state index in [9.17, 15) is 9.59 Å². The van der Waals surface area contributed by atoms with Crippen LogP contribution in [0.5, 0.6) is 0 Å². The number of hydrogen-bond donors (Lipinski definition) is 2. The van der Waals surface area contributed by atoms with Crippen LogP contribution < -0.4 is 5.32 Å². The van der Waals surface area contributed by atoms with E-state index >= 15 is 0 Å². The van der Waals surface area contributed by atoms with Gasteiger partial charge in [-0.05, 0) is 30.7 Å². The average Bonchev–Trinajstić information content (AvgIpc) is 2.87. The fourth-order valence-electron chi connectivity index (χ4n) is 2.11. The van der Waals surface area contributed by atoms with E-state index in [-0.39, 0.29) is 12.0 Å². The Hall–Kier alpha value is -2.24. The first-order valence-electron chi connectivity index (χ1n) is 6.03. The molecule has 1 heterocycles. The summed E-state index contributed by atoms with van der Waals surface area (Å²) in [6.45, 7) is 1.03. The molecule has 2 N–H and O–H groups in total. The number of anilines is 1. The predicted octanol–water partition coefficient (Wildman–Crippen LogP) is 1.64. The molecule has 6 heteroatoms. The van der Waals surface area contributed by atoms with Gasteiger partial charge < -0.3 is 20.1 Å². The van der Waals surface area contributed by atoms with Crippen molar-refractivity contribution in [1.82, 2.24) is 4.90 Å². The number of amides is 1. The minimum atomic E-state index is -0.884. The smallest absolute Gasteiger partial charge is 0.407 e. The van der Waals surface area contributed by atoms with E-state index in [1.807, 2.05) is 0 Å². The van der Waals surface area contributed by atoms with Crippen LogP contribution in [0.1, 0.15) is 16.8 Å². The molecule has 0 bridgehead atoms. The van der Waals surface area contributed by atoms with Gasteiger partial charge in [0.25, 0.3) is 0 Å². The summed E-state index contributed by atoms with van der Waals surface area (Å²) in [7, 11) is 1.34. The topological polar surface area (TPSA) is 78.9 Å². The molecule has 0 saturated carbocycles. The number of nitrogens with zero attached hydrogens (tertiary/aromatic N) is 1. The Morgan fingerprint density at radius 1 is 1.37 bits per heavy atom. The van der Waals surface area contributed by atoms with Gasteiger partial charge in [0, 0.05) is 24.8 Å². The molecule has 1 aliphatic rings. The number of carbonyl (C=O) groups is 2. The number of esters is 1. The Balaban J connectivity index is 1.93. The minimum Gasteiger partial charge on any atom is -0.465 e. The molecule has 1 amide bonds. The van der Waals surface area contributed by atoms with E-state index in [1.165, 1.54) is 12.0 Å². The molecule has 2 rings (SSSR count). The van der Waals surface area contributed by atoms with Crippen molar-refractivity contribution in [3.05, 3.63) is 29.8 Å². The average molecular weight is 264 g/mol. The molecule has 0 aliphatic carbocycles. The molecule has 6 nitrogen and oxygen atoms in total. The first kappa shape index (κ1) is 13.2. The van der Waals surface area contributed by atoms with Gasteiger partial charge in [-0.3, -0.25) is 0 Å². The maximum Gasteiger partial charge on any atom is 0.407 e. The highest BCUT2D eigenvalue weighted by Crippen LogP contribution is 2.17. The van der Waals surface area contributed by atoms with Crippen LogP contribution in [-0.4, -0.2) is 48.3 Å². The highest BCUT2D eigenvalue weighted by Gasteiger charge is 2.25. The highest BCUT2D eigenvalue weighted by molar-refractivity contribution is 5.89. The number of carbonyl (C=O) groups excluding carboxylic acids is 1. The maximum absolute atomic E-state index is 11.3. The maximum atomic E-state index is 11.3. The fraction of sp³-hybridized carbons (Fsp3) is 0.385. The van der Waals surface area contributed by atoms with Crippen molar-refractivity contribution >= 4 is 17.7 Å². The standard InChI is InChI=1S/C13H16N2O4/c1-19-12(16)9-2-4-10(5-3-9)14-11-6-7-15(8-11)13(17)18/h2-5,11,14H,6-8H2,1H3,(H,17,18). The summed E-state index contributed by atoms with van der Waals surface area (Å²) in [6.07, 6.45) is -0.101. The number of hydrogen-bond acceptors (Lipinski definition) is 4. The summed E-state index contributed by atoms with van der Waals surface area (Å²) in [5.41, 5.74) is 1.36. The number of methoxy groups -OCH3 is 1. The Morgan fingerprint density at radius 2 is 2.05 bits per heavy atom. The molecule has 102 valence electrons. The number of likely N-dealkylation sites (tertiary alicyclic amines) is 1. The molecule has 1 aromatic carbocycles. The highest BCUT2D eigenvalue weighted by atomic mass is 16.5. The van der Waals surface area contributed by atoms with Crippen LogP contribution in [0.3, 0.4) is 0 Å². The van der Waals surface area contributed by atoms with Crippen molar-refractivity contribution in [2.45, 2.75) is 12.5 Å². The van der Waals surface area contributed by atoms with Gasteiger partial charge in [-0.25, -0.2) is 9.59 Å². The van der Waals surface area contributed by atoms with Crippen LogP contribution in [0, 0.1) is 0 Å². The fourth-order valence-corrected chi connectivity index (χ4v) is 2.11. The monoisotopic (exact) mass is 264 g/mol. The van der Waals surface area contributed by atoms with Crippen LogP contribution in [0.25, 0.3) is 0 Å². The number of carboxylic acid groups (broad SMARTS) is 1. The quantitative estimate of drug-likeness (QED) is 0.811. The van der Waals surface area contributed by atoms with E-state index < -0.39 is 6.09 Å². The summed E-state index contributed by atoms with van der Waals surface area (Å²) in [6, 6.07) is 7.04. The van der Waals surface area contributed by atoms with Gasteiger partial charge in [-0.2, -0.15) is 0 Å². The van der Waals surface area contributed by atoms with E-state index in [1.54, 1.807) is 24.3 Å². The second kappa shape index (κ2) is 5.60. The summed E-state index contributed by atoms with van der Waals surface area (Å²) in [5, 5.41) is 12.1. The van der Waals surface area contributed by atoms with Crippen molar-refractivity contribution in [3.8, 4) is 0 Å². The molecule has 1 aromatic rings. The molecule has 0 radical (unpaired) electrons. The third kappa shape index (κ3) is 3.15. The summed E-state index contributed by atoms with van der Waals surface area (Å²) in [5.74, 6) is -0.371. The lowest BCUT2D eigenvalue weighted by Gasteiger charge is -2.15. The molecule has 1 atom stereocenters. The Morgan fingerprint density at radius 3 is 2.58 bits per heavy atom. The Bertz CT molecular complexity index is 472. The normalized spacial score (nSPS) is 18.2. The zero-order valence-corrected chi connectivity index (χ0v) is 10.6. The number of ether oxygens (including phenoxy) is 1. The van der Waals surface area contributed by atoms with Gasteiger partial charge in [-0.15, -0.1) is 0 Å². The third-order valence-electron chi connectivity index (χ3n) is 3.14. The molecule has 1 saturated heterocycles. The van der Waals surface area contributed by atoms with Crippen LogP contribution >= 0.6 is 0 Å². The van der Waals surface area contributed by atoms with E-state index in [0.29, 0.717) is 18.7 Å². The first-order valence-corrected chi connectivity index (χ1v) is 6.03. The SMILES string of the molecule is COC(=O)c1ccc(NC2CCN(C(=O)O)C2)cc1. The van der Waals surface area contributed by atoms with Gasteiger partial charge in [0.15, 0.2) is 0 Å². The molecular formula is C13H16N2O4. The lowest BCUT2D eigenvalue weighted by Crippen LogP contribution is -2.30. The third-order valence-corrected chi connectivity index (χ3v) is 3.14. The van der Waals surface area contributed by atoms with E-state index in [4.69, 9.17) is 5.11 Å². The van der Waals surface area contributed by atoms with Crippen LogP contribution in [0.2, 0.25) is 0 Å². The van der Waals surface area contributed by atoms with E-state index in [0.717, 1.165) is 12.1 Å². The summed E-state index contributed by atoms with van der Waals surface area (Å²) >= 11 is 0. The van der Waals surface area contributed by atoms with Gasteiger partial charge in [0.1, 0.15) is 0 Å². The molecular weight excluding hydrogens is 248 g/mol. The number of nitrogens with one attached hydrogen (secondary N) is 1. The largest absolute Gasteiger partial charge is 0.465 e. The van der Waals surface area contributed by atoms with Gasteiger partial charge in [0.05, 0.1) is 12.7 Å². The molecule has 1 unspecified atom stereocenters. The van der Waals surface area contributed by atoms with Crippen molar-refractivity contribution in [3.63, 3.8) is 0 Å². The van der Waals surface area contributed by atoms with Crippen molar-refractivity contribution in [1.29, 1.82) is 0 Å². The zero-order chi connectivity index (χ0) is 13.8.